The largest absolute Gasteiger partial charge is 0.494 e. The van der Waals surface area contributed by atoms with Gasteiger partial charge in [0.2, 0.25) is 6.35 Å². The fourth-order valence-electron chi connectivity index (χ4n) is 2.35. The molecule has 0 radical (unpaired) electrons. The highest BCUT2D eigenvalue weighted by atomic mass is 16.5. The number of nitrogens with two attached hydrogens (primary N) is 1. The van der Waals surface area contributed by atoms with E-state index in [1.165, 1.54) is 0 Å². The predicted octanol–water partition coefficient (Wildman–Crippen LogP) is 2.85. The molecular formula is C17H20N4O3. The van der Waals surface area contributed by atoms with Gasteiger partial charge in [-0.1, -0.05) is 23.4 Å². The fourth-order valence-corrected chi connectivity index (χ4v) is 2.35. The van der Waals surface area contributed by atoms with Crippen molar-refractivity contribution in [1.29, 1.82) is 0 Å². The lowest BCUT2D eigenvalue weighted by molar-refractivity contribution is 0.100. The summed E-state index contributed by atoms with van der Waals surface area (Å²) in [6, 6.07) is 17.4. The van der Waals surface area contributed by atoms with E-state index in [1.54, 1.807) is 0 Å². The van der Waals surface area contributed by atoms with E-state index >= 15 is 0 Å². The molecule has 3 rings (SSSR count). The number of para-hydroxylation sites is 1. The van der Waals surface area contributed by atoms with Gasteiger partial charge in [0.1, 0.15) is 17.2 Å². The van der Waals surface area contributed by atoms with Gasteiger partial charge in [-0.25, -0.2) is 0 Å². The van der Waals surface area contributed by atoms with Crippen LogP contribution < -0.4 is 20.6 Å². The maximum Gasteiger partial charge on any atom is 0.226 e. The van der Waals surface area contributed by atoms with Gasteiger partial charge in [-0.15, -0.1) is 5.11 Å². The van der Waals surface area contributed by atoms with Crippen molar-refractivity contribution >= 4 is 0 Å². The van der Waals surface area contributed by atoms with Crippen molar-refractivity contribution in [3.63, 3.8) is 0 Å². The van der Waals surface area contributed by atoms with E-state index in [-0.39, 0.29) is 6.04 Å². The van der Waals surface area contributed by atoms with Crippen molar-refractivity contribution in [3.05, 3.63) is 54.6 Å². The van der Waals surface area contributed by atoms with E-state index < -0.39 is 6.35 Å². The van der Waals surface area contributed by atoms with Crippen molar-refractivity contribution < 1.29 is 14.2 Å². The average Bonchev–Trinajstić information content (AvgIpc) is 3.05. The molecule has 0 aliphatic carbocycles. The zero-order chi connectivity index (χ0) is 16.6. The van der Waals surface area contributed by atoms with E-state index in [0.29, 0.717) is 13.2 Å². The molecule has 1 saturated heterocycles. The third-order valence-corrected chi connectivity index (χ3v) is 3.54. The van der Waals surface area contributed by atoms with Crippen LogP contribution in [0.25, 0.3) is 0 Å². The molecule has 1 fully saturated rings. The molecule has 24 heavy (non-hydrogen) atoms. The number of rotatable bonds is 7. The summed E-state index contributed by atoms with van der Waals surface area (Å²) >= 11 is 0. The molecule has 1 aliphatic rings. The molecular weight excluding hydrogens is 308 g/mol. The van der Waals surface area contributed by atoms with Crippen molar-refractivity contribution in [2.45, 2.75) is 18.8 Å². The minimum atomic E-state index is -0.450. The highest BCUT2D eigenvalue weighted by Gasteiger charge is 2.23. The van der Waals surface area contributed by atoms with Crippen LogP contribution in [0.4, 0.5) is 0 Å². The zero-order valence-electron chi connectivity index (χ0n) is 13.2. The van der Waals surface area contributed by atoms with Gasteiger partial charge in [0.25, 0.3) is 0 Å². The van der Waals surface area contributed by atoms with Crippen LogP contribution in [-0.2, 0) is 4.74 Å². The fraction of sp³-hybridized carbons (Fsp3) is 0.294. The first-order valence-electron chi connectivity index (χ1n) is 7.77. The Morgan fingerprint density at radius 2 is 1.75 bits per heavy atom. The summed E-state index contributed by atoms with van der Waals surface area (Å²) < 4.78 is 16.8. The maximum absolute atomic E-state index is 5.74. The van der Waals surface area contributed by atoms with Crippen molar-refractivity contribution in [2.75, 3.05) is 13.2 Å². The SMILES string of the molecule is NN=NC1N[C@@H](CCOc2ccc(Oc3ccccc3)cc2)CO1. The van der Waals surface area contributed by atoms with Gasteiger partial charge in [-0.2, -0.15) is 0 Å². The molecule has 7 heteroatoms. The molecule has 0 saturated carbocycles. The monoisotopic (exact) mass is 328 g/mol. The lowest BCUT2D eigenvalue weighted by Crippen LogP contribution is -2.30. The standard InChI is InChI=1S/C17H20N4O3/c18-21-20-17-19-13(12-23-17)10-11-22-14-6-8-16(9-7-14)24-15-4-2-1-3-5-15/h1-9,13,17,19H,10-12H2,(H2,18,20)/t13-,17?/m0/s1. The predicted molar refractivity (Wildman–Crippen MR) is 88.8 cm³/mol. The summed E-state index contributed by atoms with van der Waals surface area (Å²) in [6.45, 7) is 1.14. The minimum Gasteiger partial charge on any atom is -0.494 e. The van der Waals surface area contributed by atoms with Crippen LogP contribution in [0.15, 0.2) is 64.9 Å². The number of hydrogen-bond donors (Lipinski definition) is 2. The van der Waals surface area contributed by atoms with Gasteiger partial charge in [-0.05, 0) is 42.8 Å². The van der Waals surface area contributed by atoms with Crippen LogP contribution in [0.3, 0.4) is 0 Å². The van der Waals surface area contributed by atoms with Gasteiger partial charge in [0.05, 0.1) is 13.2 Å². The third kappa shape index (κ3) is 4.68. The van der Waals surface area contributed by atoms with Crippen molar-refractivity contribution in [2.24, 2.45) is 16.2 Å². The second-order valence-corrected chi connectivity index (χ2v) is 5.30. The van der Waals surface area contributed by atoms with Gasteiger partial charge >= 0.3 is 0 Å². The van der Waals surface area contributed by atoms with E-state index in [2.05, 4.69) is 15.7 Å². The lowest BCUT2D eigenvalue weighted by atomic mass is 10.2. The molecule has 0 aromatic heterocycles. The molecule has 1 unspecified atom stereocenters. The van der Waals surface area contributed by atoms with Gasteiger partial charge < -0.3 is 20.1 Å². The second-order valence-electron chi connectivity index (χ2n) is 5.30. The molecule has 0 spiro atoms. The topological polar surface area (TPSA) is 90.5 Å². The summed E-state index contributed by atoms with van der Waals surface area (Å²) in [4.78, 5) is 0. The van der Waals surface area contributed by atoms with Gasteiger partial charge in [0.15, 0.2) is 0 Å². The summed E-state index contributed by atoms with van der Waals surface area (Å²) in [6.07, 6.45) is 0.355. The minimum absolute atomic E-state index is 0.182. The quantitative estimate of drug-likeness (QED) is 0.463. The van der Waals surface area contributed by atoms with Gasteiger partial charge in [-0.3, -0.25) is 5.32 Å². The van der Waals surface area contributed by atoms with E-state index in [4.69, 9.17) is 20.1 Å². The van der Waals surface area contributed by atoms with Crippen LogP contribution in [0.1, 0.15) is 6.42 Å². The summed E-state index contributed by atoms with van der Waals surface area (Å²) in [5.41, 5.74) is 0. The van der Waals surface area contributed by atoms with E-state index in [0.717, 1.165) is 23.7 Å². The van der Waals surface area contributed by atoms with Crippen LogP contribution in [0, 0.1) is 0 Å². The maximum atomic E-state index is 5.74. The number of nitrogens with zero attached hydrogens (tertiary/aromatic N) is 2. The summed E-state index contributed by atoms with van der Waals surface area (Å²) in [5.74, 6) is 7.37. The van der Waals surface area contributed by atoms with Crippen LogP contribution in [-0.4, -0.2) is 25.6 Å². The Balaban J connectivity index is 1.42. The Labute approximate surface area is 140 Å². The molecule has 3 N–H and O–H groups in total. The lowest BCUT2D eigenvalue weighted by Gasteiger charge is -2.11. The molecule has 0 amide bonds. The first kappa shape index (κ1) is 16.2. The highest BCUT2D eigenvalue weighted by Crippen LogP contribution is 2.23. The Bertz CT molecular complexity index is 649. The molecule has 2 aromatic rings. The Morgan fingerprint density at radius 1 is 1.04 bits per heavy atom. The van der Waals surface area contributed by atoms with Crippen LogP contribution in [0.2, 0.25) is 0 Å². The molecule has 0 bridgehead atoms. The third-order valence-electron chi connectivity index (χ3n) is 3.54. The highest BCUT2D eigenvalue weighted by molar-refractivity contribution is 5.35. The second kappa shape index (κ2) is 8.28. The molecule has 1 heterocycles. The summed E-state index contributed by atoms with van der Waals surface area (Å²) in [5, 5.41) is 10.1. The first-order chi connectivity index (χ1) is 11.8. The Hall–Kier alpha value is -2.64. The molecule has 126 valence electrons. The van der Waals surface area contributed by atoms with Crippen LogP contribution >= 0.6 is 0 Å². The van der Waals surface area contributed by atoms with E-state index in [9.17, 15) is 0 Å². The number of benzene rings is 2. The summed E-state index contributed by atoms with van der Waals surface area (Å²) in [7, 11) is 0. The number of ether oxygens (including phenoxy) is 3. The van der Waals surface area contributed by atoms with Crippen molar-refractivity contribution in [1.82, 2.24) is 5.32 Å². The van der Waals surface area contributed by atoms with Crippen LogP contribution in [0.5, 0.6) is 17.2 Å². The van der Waals surface area contributed by atoms with Gasteiger partial charge in [0, 0.05) is 6.04 Å². The molecule has 2 aromatic carbocycles. The Morgan fingerprint density at radius 3 is 2.50 bits per heavy atom. The smallest absolute Gasteiger partial charge is 0.226 e. The molecule has 2 atom stereocenters. The molecule has 7 nitrogen and oxygen atoms in total. The number of nitrogens with one attached hydrogen (secondary N) is 1. The average molecular weight is 328 g/mol. The normalized spacial score (nSPS) is 20.3. The Kier molecular flexibility index (Phi) is 5.60. The molecule has 1 aliphatic heterocycles. The van der Waals surface area contributed by atoms with E-state index in [1.807, 2.05) is 54.6 Å². The number of hydrogen-bond acceptors (Lipinski definition) is 6. The zero-order valence-corrected chi connectivity index (χ0v) is 13.2. The van der Waals surface area contributed by atoms with Crippen molar-refractivity contribution in [3.8, 4) is 17.2 Å². The first-order valence-corrected chi connectivity index (χ1v) is 7.77.